The molecule has 1 N–H and O–H groups in total. The molecular weight excluding hydrogens is 342 g/mol. The van der Waals surface area contributed by atoms with E-state index in [-0.39, 0.29) is 0 Å². The van der Waals surface area contributed by atoms with Crippen molar-refractivity contribution in [3.63, 3.8) is 0 Å². The molecule has 0 amide bonds. The van der Waals surface area contributed by atoms with E-state index in [1.54, 1.807) is 0 Å². The number of benzene rings is 1. The van der Waals surface area contributed by atoms with Gasteiger partial charge in [-0.25, -0.2) is 0 Å². The molecule has 1 fully saturated rings. The van der Waals surface area contributed by atoms with Crippen molar-refractivity contribution >= 4 is 37.5 Å². The summed E-state index contributed by atoms with van der Waals surface area (Å²) >= 11 is 7.29. The number of aryl methyl sites for hydroxylation is 1. The fourth-order valence-electron chi connectivity index (χ4n) is 2.62. The summed E-state index contributed by atoms with van der Waals surface area (Å²) in [5, 5.41) is 3.68. The average Bonchev–Trinajstić information content (AvgIpc) is 2.71. The van der Waals surface area contributed by atoms with Crippen molar-refractivity contribution in [2.45, 2.75) is 45.6 Å². The van der Waals surface area contributed by atoms with Gasteiger partial charge in [-0.15, -0.1) is 0 Å². The van der Waals surface area contributed by atoms with Crippen molar-refractivity contribution in [3.8, 4) is 0 Å². The van der Waals surface area contributed by atoms with E-state index >= 15 is 0 Å². The average molecular weight is 361 g/mol. The number of anilines is 1. The van der Waals surface area contributed by atoms with E-state index in [0.29, 0.717) is 6.04 Å². The predicted molar refractivity (Wildman–Crippen MR) is 81.6 cm³/mol. The van der Waals surface area contributed by atoms with Gasteiger partial charge >= 0.3 is 0 Å². The Labute approximate surface area is 121 Å². The van der Waals surface area contributed by atoms with Gasteiger partial charge in [0.15, 0.2) is 0 Å². The third-order valence-corrected chi connectivity index (χ3v) is 4.90. The molecule has 17 heavy (non-hydrogen) atoms. The van der Waals surface area contributed by atoms with Gasteiger partial charge in [0.05, 0.1) is 5.69 Å². The molecular formula is C14H19Br2N. The highest BCUT2D eigenvalue weighted by molar-refractivity contribution is 9.11. The van der Waals surface area contributed by atoms with Crippen molar-refractivity contribution in [2.24, 2.45) is 5.92 Å². The van der Waals surface area contributed by atoms with Gasteiger partial charge in [-0.2, -0.15) is 0 Å². The van der Waals surface area contributed by atoms with Crippen molar-refractivity contribution in [2.75, 3.05) is 5.32 Å². The SMILES string of the molecule is CCC1CCC(Nc2c(Br)cc(C)cc2Br)C1. The molecule has 3 heteroatoms. The van der Waals surface area contributed by atoms with Crippen LogP contribution in [-0.4, -0.2) is 6.04 Å². The minimum Gasteiger partial charge on any atom is -0.380 e. The highest BCUT2D eigenvalue weighted by Gasteiger charge is 2.24. The molecule has 94 valence electrons. The molecule has 1 aliphatic carbocycles. The molecule has 0 aromatic heterocycles. The van der Waals surface area contributed by atoms with Crippen LogP contribution in [0.5, 0.6) is 0 Å². The van der Waals surface area contributed by atoms with Crippen LogP contribution in [0.1, 0.15) is 38.2 Å². The Balaban J connectivity index is 2.09. The number of nitrogens with one attached hydrogen (secondary N) is 1. The molecule has 1 nitrogen and oxygen atoms in total. The summed E-state index contributed by atoms with van der Waals surface area (Å²) in [6, 6.07) is 4.97. The first-order valence-corrected chi connectivity index (χ1v) is 7.91. The molecule has 0 saturated heterocycles. The van der Waals surface area contributed by atoms with Crippen molar-refractivity contribution in [1.29, 1.82) is 0 Å². The molecule has 2 rings (SSSR count). The lowest BCUT2D eigenvalue weighted by atomic mass is 10.1. The highest BCUT2D eigenvalue weighted by atomic mass is 79.9. The third-order valence-electron chi connectivity index (χ3n) is 3.65. The Kier molecular flexibility index (Phi) is 4.53. The number of hydrogen-bond donors (Lipinski definition) is 1. The maximum absolute atomic E-state index is 3.68. The van der Waals surface area contributed by atoms with Gasteiger partial charge < -0.3 is 5.32 Å². The summed E-state index contributed by atoms with van der Waals surface area (Å²) in [5.41, 5.74) is 2.48. The van der Waals surface area contributed by atoms with Gasteiger partial charge in [-0.1, -0.05) is 13.3 Å². The summed E-state index contributed by atoms with van der Waals surface area (Å²) in [5.74, 6) is 0.912. The van der Waals surface area contributed by atoms with Crippen LogP contribution in [0.4, 0.5) is 5.69 Å². The van der Waals surface area contributed by atoms with Gasteiger partial charge in [-0.05, 0) is 81.7 Å². The second-order valence-corrected chi connectivity index (χ2v) is 6.74. The first-order valence-electron chi connectivity index (χ1n) is 6.32. The minimum absolute atomic E-state index is 0.634. The van der Waals surface area contributed by atoms with Gasteiger partial charge in [0.1, 0.15) is 0 Å². The molecule has 0 heterocycles. The van der Waals surface area contributed by atoms with E-state index < -0.39 is 0 Å². The van der Waals surface area contributed by atoms with Crippen LogP contribution >= 0.6 is 31.9 Å². The summed E-state index contributed by atoms with van der Waals surface area (Å²) in [6.07, 6.45) is 5.29. The topological polar surface area (TPSA) is 12.0 Å². The van der Waals surface area contributed by atoms with Crippen LogP contribution in [0.25, 0.3) is 0 Å². The fourth-order valence-corrected chi connectivity index (χ4v) is 4.26. The van der Waals surface area contributed by atoms with Gasteiger partial charge in [-0.3, -0.25) is 0 Å². The maximum atomic E-state index is 3.68. The quantitative estimate of drug-likeness (QED) is 0.749. The first-order chi connectivity index (χ1) is 8.10. The molecule has 2 atom stereocenters. The zero-order chi connectivity index (χ0) is 12.4. The van der Waals surface area contributed by atoms with Crippen LogP contribution in [0.15, 0.2) is 21.1 Å². The monoisotopic (exact) mass is 359 g/mol. The van der Waals surface area contributed by atoms with E-state index in [1.807, 2.05) is 0 Å². The lowest BCUT2D eigenvalue weighted by molar-refractivity contribution is 0.525. The van der Waals surface area contributed by atoms with Crippen molar-refractivity contribution in [3.05, 3.63) is 26.6 Å². The summed E-state index contributed by atoms with van der Waals surface area (Å²) in [4.78, 5) is 0. The largest absolute Gasteiger partial charge is 0.380 e. The normalized spacial score (nSPS) is 24.0. The fraction of sp³-hybridized carbons (Fsp3) is 0.571. The van der Waals surface area contributed by atoms with E-state index in [0.717, 1.165) is 14.9 Å². The van der Waals surface area contributed by atoms with E-state index in [1.165, 1.54) is 36.9 Å². The van der Waals surface area contributed by atoms with Crippen LogP contribution < -0.4 is 5.32 Å². The van der Waals surface area contributed by atoms with Crippen LogP contribution in [0, 0.1) is 12.8 Å². The Morgan fingerprint density at radius 1 is 1.24 bits per heavy atom. The first kappa shape index (κ1) is 13.4. The van der Waals surface area contributed by atoms with Crippen LogP contribution in [-0.2, 0) is 0 Å². The molecule has 0 bridgehead atoms. The highest BCUT2D eigenvalue weighted by Crippen LogP contribution is 2.36. The van der Waals surface area contributed by atoms with Gasteiger partial charge in [0.2, 0.25) is 0 Å². The molecule has 1 aliphatic rings. The molecule has 1 aromatic carbocycles. The lowest BCUT2D eigenvalue weighted by Gasteiger charge is -2.17. The third kappa shape index (κ3) is 3.25. The molecule has 0 aliphatic heterocycles. The number of halogens is 2. The van der Waals surface area contributed by atoms with E-state index in [4.69, 9.17) is 0 Å². The molecule has 0 spiro atoms. The smallest absolute Gasteiger partial charge is 0.0631 e. The summed E-state index contributed by atoms with van der Waals surface area (Å²) in [7, 11) is 0. The maximum Gasteiger partial charge on any atom is 0.0631 e. The number of hydrogen-bond acceptors (Lipinski definition) is 1. The Bertz CT molecular complexity index is 380. The van der Waals surface area contributed by atoms with Crippen LogP contribution in [0.2, 0.25) is 0 Å². The van der Waals surface area contributed by atoms with Gasteiger partial charge in [0, 0.05) is 15.0 Å². The van der Waals surface area contributed by atoms with Gasteiger partial charge in [0.25, 0.3) is 0 Å². The standard InChI is InChI=1S/C14H19Br2N/c1-3-10-4-5-11(8-10)17-14-12(15)6-9(2)7-13(14)16/h6-7,10-11,17H,3-5,8H2,1-2H3. The zero-order valence-corrected chi connectivity index (χ0v) is 13.6. The van der Waals surface area contributed by atoms with Crippen molar-refractivity contribution in [1.82, 2.24) is 0 Å². The second kappa shape index (κ2) is 5.75. The van der Waals surface area contributed by atoms with Crippen molar-refractivity contribution < 1.29 is 0 Å². The Hall–Kier alpha value is -0.0200. The summed E-state index contributed by atoms with van der Waals surface area (Å²) < 4.78 is 2.31. The predicted octanol–water partition coefficient (Wildman–Crippen LogP) is 5.51. The molecule has 1 saturated carbocycles. The second-order valence-electron chi connectivity index (χ2n) is 5.03. The number of rotatable bonds is 3. The molecule has 0 radical (unpaired) electrons. The molecule has 2 unspecified atom stereocenters. The zero-order valence-electron chi connectivity index (χ0n) is 10.4. The summed E-state index contributed by atoms with van der Waals surface area (Å²) in [6.45, 7) is 4.41. The van der Waals surface area contributed by atoms with E-state index in [2.05, 4.69) is 63.2 Å². The lowest BCUT2D eigenvalue weighted by Crippen LogP contribution is -2.16. The van der Waals surface area contributed by atoms with Crippen LogP contribution in [0.3, 0.4) is 0 Å². The Morgan fingerprint density at radius 2 is 1.88 bits per heavy atom. The Morgan fingerprint density at radius 3 is 2.41 bits per heavy atom. The minimum atomic E-state index is 0.634. The molecule has 1 aromatic rings. The van der Waals surface area contributed by atoms with E-state index in [9.17, 15) is 0 Å².